The molecule has 0 amide bonds. The summed E-state index contributed by atoms with van der Waals surface area (Å²) >= 11 is 6.89. The average Bonchev–Trinajstić information content (AvgIpc) is 4.23. The van der Waals surface area contributed by atoms with Crippen LogP contribution in [0.25, 0.3) is 41.3 Å². The van der Waals surface area contributed by atoms with Crippen LogP contribution in [0.1, 0.15) is 296 Å². The van der Waals surface area contributed by atoms with Crippen molar-refractivity contribution < 1.29 is 0 Å². The van der Waals surface area contributed by atoms with Crippen LogP contribution in [0, 0.1) is 11.8 Å². The van der Waals surface area contributed by atoms with Crippen LogP contribution < -0.4 is 0 Å². The zero-order valence-corrected chi connectivity index (χ0v) is 48.9. The quantitative estimate of drug-likeness (QED) is 0.0365. The largest absolute Gasteiger partial charge is 0.143 e. The van der Waals surface area contributed by atoms with Crippen molar-refractivity contribution in [2.75, 3.05) is 0 Å². The molecule has 70 heavy (non-hydrogen) atoms. The molecule has 394 valence electrons. The molecule has 2 atom stereocenters. The van der Waals surface area contributed by atoms with Gasteiger partial charge in [-0.2, -0.15) is 0 Å². The van der Waals surface area contributed by atoms with Crippen LogP contribution in [0.2, 0.25) is 0 Å². The molecule has 5 rings (SSSR count). The van der Waals surface area contributed by atoms with Crippen LogP contribution in [0.15, 0.2) is 22.9 Å². The first-order valence-corrected chi connectivity index (χ1v) is 33.5. The first-order chi connectivity index (χ1) is 34.7. The molecule has 0 radical (unpaired) electrons. The molecule has 5 aromatic rings. The summed E-state index contributed by atoms with van der Waals surface area (Å²) < 4.78 is 11.6. The van der Waals surface area contributed by atoms with Gasteiger partial charge < -0.3 is 0 Å². The number of benzene rings is 1. The Balaban J connectivity index is 1.22. The predicted octanol–water partition coefficient (Wildman–Crippen LogP) is 23.2. The number of unbranched alkanes of at least 4 members (excludes halogenated alkanes) is 32. The zero-order valence-electron chi connectivity index (χ0n) is 45.6. The molecule has 0 bridgehead atoms. The van der Waals surface area contributed by atoms with Gasteiger partial charge >= 0.3 is 0 Å². The lowest BCUT2D eigenvalue weighted by Crippen LogP contribution is -2.05. The third-order valence-electron chi connectivity index (χ3n) is 15.6. The minimum absolute atomic E-state index is 0.771. The maximum absolute atomic E-state index is 4.88. The van der Waals surface area contributed by atoms with Crippen molar-refractivity contribution in [3.63, 3.8) is 0 Å². The van der Waals surface area contributed by atoms with E-state index >= 15 is 0 Å². The SMILES string of the molecule is CCCCCCCCCCCCC(CCCCCCCCCC)Cc1csc(-c2c3nnsc3c(-c3cc(CC(CCCCCCCCCC)CCCCCCCCCCCC)cs3)c3nnsc23)c1. The van der Waals surface area contributed by atoms with E-state index in [2.05, 4.69) is 59.6 Å². The van der Waals surface area contributed by atoms with Gasteiger partial charge in [0.1, 0.15) is 11.0 Å². The van der Waals surface area contributed by atoms with Crippen molar-refractivity contribution in [1.29, 1.82) is 0 Å². The summed E-state index contributed by atoms with van der Waals surface area (Å²) in [6.45, 7) is 9.28. The highest BCUT2D eigenvalue weighted by molar-refractivity contribution is 7.19. The van der Waals surface area contributed by atoms with Crippen molar-refractivity contribution in [2.24, 2.45) is 11.8 Å². The lowest BCUT2D eigenvalue weighted by Gasteiger charge is -2.16. The zero-order chi connectivity index (χ0) is 49.1. The van der Waals surface area contributed by atoms with Gasteiger partial charge in [-0.3, -0.25) is 0 Å². The fourth-order valence-corrected chi connectivity index (χ4v) is 14.8. The fraction of sp³-hybridized carbons (Fsp3) is 0.774. The second-order valence-corrected chi connectivity index (χ2v) is 25.2. The molecule has 0 aliphatic rings. The Kier molecular flexibility index (Phi) is 32.0. The number of nitrogens with zero attached hydrogens (tertiary/aromatic N) is 4. The molecule has 0 aliphatic heterocycles. The third-order valence-corrected chi connectivity index (χ3v) is 19.1. The van der Waals surface area contributed by atoms with Crippen molar-refractivity contribution in [3.8, 4) is 20.9 Å². The minimum Gasteiger partial charge on any atom is -0.143 e. The van der Waals surface area contributed by atoms with Gasteiger partial charge in [0.2, 0.25) is 0 Å². The monoisotopic (exact) mass is 1030 g/mol. The van der Waals surface area contributed by atoms with Crippen LogP contribution in [0.5, 0.6) is 0 Å². The minimum atomic E-state index is 0.771. The Hall–Kier alpha value is -1.74. The van der Waals surface area contributed by atoms with Gasteiger partial charge in [-0.25, -0.2) is 0 Å². The number of aromatic nitrogens is 4. The standard InChI is InChI=1S/C62H102N4S4/c1-5-9-13-17-21-25-27-31-35-39-43-51(41-37-33-29-23-19-15-11-7-3)45-53-47-55(67-49-53)57-59-62(70-65-63-59)58(60-61(57)69-66-64-60)56-48-54(50-68-56)46-52(42-38-34-30-24-20-16-12-8-4)44-40-36-32-28-26-22-18-14-10-6-2/h47-52H,5-46H2,1-4H3. The van der Waals surface area contributed by atoms with Crippen LogP contribution in [-0.2, 0) is 12.8 Å². The van der Waals surface area contributed by atoms with Crippen LogP contribution in [-0.4, -0.2) is 19.2 Å². The summed E-state index contributed by atoms with van der Waals surface area (Å²) in [5.74, 6) is 1.54. The molecule has 4 aromatic heterocycles. The van der Waals surface area contributed by atoms with E-state index < -0.39 is 0 Å². The third kappa shape index (κ3) is 22.4. The Bertz CT molecular complexity index is 1820. The normalized spacial score (nSPS) is 12.9. The summed E-state index contributed by atoms with van der Waals surface area (Å²) in [6.07, 6.45) is 58.5. The molecular formula is C62H102N4S4. The molecule has 0 fully saturated rings. The molecule has 1 aromatic carbocycles. The molecule has 4 nitrogen and oxygen atoms in total. The second-order valence-electron chi connectivity index (χ2n) is 21.9. The van der Waals surface area contributed by atoms with Gasteiger partial charge in [-0.15, -0.1) is 32.9 Å². The molecule has 0 N–H and O–H groups in total. The number of fused-ring (bicyclic) bond motifs is 2. The molecule has 0 spiro atoms. The molecule has 2 unspecified atom stereocenters. The van der Waals surface area contributed by atoms with Gasteiger partial charge in [0.25, 0.3) is 0 Å². The fourth-order valence-electron chi connectivity index (χ4n) is 11.3. The average molecular weight is 1030 g/mol. The Morgan fingerprint density at radius 2 is 0.600 bits per heavy atom. The lowest BCUT2D eigenvalue weighted by molar-refractivity contribution is 0.400. The van der Waals surface area contributed by atoms with Crippen LogP contribution >= 0.6 is 45.7 Å². The highest BCUT2D eigenvalue weighted by Gasteiger charge is 2.25. The summed E-state index contributed by atoms with van der Waals surface area (Å²) in [5.41, 5.74) is 7.51. The van der Waals surface area contributed by atoms with Gasteiger partial charge in [0.15, 0.2) is 0 Å². The van der Waals surface area contributed by atoms with Crippen LogP contribution in [0.3, 0.4) is 0 Å². The number of thiophene rings is 2. The number of rotatable bonds is 46. The van der Waals surface area contributed by atoms with Crippen molar-refractivity contribution >= 4 is 66.2 Å². The Morgan fingerprint density at radius 3 is 0.871 bits per heavy atom. The van der Waals surface area contributed by atoms with E-state index in [-0.39, 0.29) is 0 Å². The number of hydrogen-bond acceptors (Lipinski definition) is 8. The van der Waals surface area contributed by atoms with Gasteiger partial charge in [0, 0.05) is 20.9 Å². The van der Waals surface area contributed by atoms with Crippen LogP contribution in [0.4, 0.5) is 0 Å². The van der Waals surface area contributed by atoms with Crippen molar-refractivity contribution in [3.05, 3.63) is 34.0 Å². The Morgan fingerprint density at radius 1 is 0.343 bits per heavy atom. The van der Waals surface area contributed by atoms with Crippen molar-refractivity contribution in [2.45, 2.75) is 297 Å². The highest BCUT2D eigenvalue weighted by Crippen LogP contribution is 2.47. The first kappa shape index (κ1) is 59.1. The molecule has 0 saturated carbocycles. The lowest BCUT2D eigenvalue weighted by atomic mass is 9.89. The van der Waals surface area contributed by atoms with Crippen molar-refractivity contribution in [1.82, 2.24) is 19.2 Å². The summed E-state index contributed by atoms with van der Waals surface area (Å²) in [7, 11) is 0. The number of hydrogen-bond donors (Lipinski definition) is 0. The molecule has 8 heteroatoms. The second kappa shape index (κ2) is 37.9. The smallest absolute Gasteiger partial charge is 0.116 e. The van der Waals surface area contributed by atoms with E-state index in [4.69, 9.17) is 10.2 Å². The molecule has 0 saturated heterocycles. The van der Waals surface area contributed by atoms with Gasteiger partial charge in [-0.1, -0.05) is 294 Å². The predicted molar refractivity (Wildman–Crippen MR) is 317 cm³/mol. The van der Waals surface area contributed by atoms with E-state index in [0.29, 0.717) is 0 Å². The van der Waals surface area contributed by atoms with E-state index in [0.717, 1.165) is 22.9 Å². The maximum atomic E-state index is 4.88. The van der Waals surface area contributed by atoms with E-state index in [1.54, 1.807) is 23.1 Å². The maximum Gasteiger partial charge on any atom is 0.116 e. The van der Waals surface area contributed by atoms with Gasteiger partial charge in [0.05, 0.1) is 9.40 Å². The van der Waals surface area contributed by atoms with E-state index in [1.165, 1.54) is 311 Å². The molecule has 0 aliphatic carbocycles. The first-order valence-electron chi connectivity index (χ1n) is 30.2. The summed E-state index contributed by atoms with van der Waals surface area (Å²) in [6, 6.07) is 5.00. The van der Waals surface area contributed by atoms with E-state index in [9.17, 15) is 0 Å². The van der Waals surface area contributed by atoms with Gasteiger partial charge in [-0.05, 0) is 81.8 Å². The highest BCUT2D eigenvalue weighted by atomic mass is 32.1. The Labute approximate surface area is 446 Å². The molecule has 4 heterocycles. The molecular weight excluding hydrogens is 929 g/mol. The topological polar surface area (TPSA) is 51.6 Å². The summed E-state index contributed by atoms with van der Waals surface area (Å²) in [5, 5.41) is 14.7. The van der Waals surface area contributed by atoms with E-state index in [1.807, 2.05) is 22.7 Å². The summed E-state index contributed by atoms with van der Waals surface area (Å²) in [4.78, 5) is 2.62.